The van der Waals surface area contributed by atoms with Gasteiger partial charge >= 0.3 is 0 Å². The summed E-state index contributed by atoms with van der Waals surface area (Å²) in [6, 6.07) is 14.7. The molecule has 118 valence electrons. The molecule has 0 fully saturated rings. The molecule has 0 aliphatic carbocycles. The number of para-hydroxylation sites is 1. The number of fused-ring (bicyclic) bond motifs is 7. The van der Waals surface area contributed by atoms with Crippen LogP contribution in [0.15, 0.2) is 73.6 Å². The van der Waals surface area contributed by atoms with Crippen LogP contribution in [0.5, 0.6) is 0 Å². The highest BCUT2D eigenvalue weighted by molar-refractivity contribution is 5.92. The van der Waals surface area contributed by atoms with Crippen molar-refractivity contribution in [3.8, 4) is 17.1 Å². The molecule has 0 radical (unpaired) electrons. The number of rotatable bonds is 1. The average Bonchev–Trinajstić information content (AvgIpc) is 3.29. The van der Waals surface area contributed by atoms with Crippen LogP contribution < -0.4 is 4.57 Å². The van der Waals surface area contributed by atoms with Gasteiger partial charge in [0.1, 0.15) is 12.2 Å². The summed E-state index contributed by atoms with van der Waals surface area (Å²) in [6.45, 7) is 0.844. The number of aromatic nitrogens is 5. The second-order valence-corrected chi connectivity index (χ2v) is 6.35. The lowest BCUT2D eigenvalue weighted by Crippen LogP contribution is -2.31. The molecule has 0 unspecified atom stereocenters. The summed E-state index contributed by atoms with van der Waals surface area (Å²) in [5.41, 5.74) is 7.27. The van der Waals surface area contributed by atoms with Gasteiger partial charge in [0.2, 0.25) is 5.52 Å². The van der Waals surface area contributed by atoms with Gasteiger partial charge < -0.3 is 0 Å². The summed E-state index contributed by atoms with van der Waals surface area (Å²) in [5, 5.41) is 0. The van der Waals surface area contributed by atoms with Gasteiger partial charge in [0, 0.05) is 24.2 Å². The molecule has 0 N–H and O–H groups in total. The quantitative estimate of drug-likeness (QED) is 0.436. The van der Waals surface area contributed by atoms with Gasteiger partial charge in [-0.3, -0.25) is 9.38 Å². The van der Waals surface area contributed by atoms with Crippen LogP contribution in [0.4, 0.5) is 0 Å². The second-order valence-electron chi connectivity index (χ2n) is 6.35. The Labute approximate surface area is 143 Å². The Bertz CT molecular complexity index is 1260. The zero-order valence-electron chi connectivity index (χ0n) is 13.4. The van der Waals surface area contributed by atoms with Gasteiger partial charge in [-0.15, -0.1) is 0 Å². The first-order chi connectivity index (χ1) is 12.4. The Morgan fingerprint density at radius 2 is 1.80 bits per heavy atom. The summed E-state index contributed by atoms with van der Waals surface area (Å²) in [7, 11) is 0. The monoisotopic (exact) mass is 324 g/mol. The molecule has 25 heavy (non-hydrogen) atoms. The van der Waals surface area contributed by atoms with Gasteiger partial charge in [-0.25, -0.2) is 9.55 Å². The molecular formula is C20H14N5+. The SMILES string of the molecule is c1ccc(-n2c3[n+](c4c2cn2cnccc42)Cc2cnccc2-3)cc1. The Kier molecular flexibility index (Phi) is 2.34. The number of pyridine rings is 1. The Balaban J connectivity index is 1.83. The van der Waals surface area contributed by atoms with Crippen molar-refractivity contribution >= 4 is 16.6 Å². The highest BCUT2D eigenvalue weighted by Crippen LogP contribution is 2.35. The van der Waals surface area contributed by atoms with Crippen LogP contribution in [0.2, 0.25) is 0 Å². The van der Waals surface area contributed by atoms with Crippen molar-refractivity contribution in [3.05, 3.63) is 79.1 Å². The molecule has 4 aromatic heterocycles. The highest BCUT2D eigenvalue weighted by atomic mass is 15.2. The van der Waals surface area contributed by atoms with E-state index in [1.165, 1.54) is 33.5 Å². The van der Waals surface area contributed by atoms with E-state index in [1.54, 1.807) is 0 Å². The average molecular weight is 324 g/mol. The third kappa shape index (κ3) is 1.59. The fourth-order valence-electron chi connectivity index (χ4n) is 3.98. The van der Waals surface area contributed by atoms with Crippen molar-refractivity contribution in [1.29, 1.82) is 0 Å². The highest BCUT2D eigenvalue weighted by Gasteiger charge is 2.36. The smallest absolute Gasteiger partial charge is 0.296 e. The molecule has 0 saturated carbocycles. The van der Waals surface area contributed by atoms with Gasteiger partial charge in [-0.1, -0.05) is 18.2 Å². The number of hydrogen-bond acceptors (Lipinski definition) is 2. The molecule has 5 heterocycles. The number of hydrogen-bond donors (Lipinski definition) is 0. The van der Waals surface area contributed by atoms with Gasteiger partial charge in [0.15, 0.2) is 5.52 Å². The fraction of sp³-hybridized carbons (Fsp3) is 0.0500. The normalized spacial score (nSPS) is 12.6. The minimum Gasteiger partial charge on any atom is -0.299 e. The van der Waals surface area contributed by atoms with Crippen molar-refractivity contribution in [3.63, 3.8) is 0 Å². The van der Waals surface area contributed by atoms with E-state index in [0.717, 1.165) is 12.2 Å². The van der Waals surface area contributed by atoms with Crippen molar-refractivity contribution in [1.82, 2.24) is 18.9 Å². The summed E-state index contributed by atoms with van der Waals surface area (Å²) >= 11 is 0. The zero-order chi connectivity index (χ0) is 16.4. The van der Waals surface area contributed by atoms with Gasteiger partial charge in [0.25, 0.3) is 5.82 Å². The first-order valence-electron chi connectivity index (χ1n) is 8.29. The van der Waals surface area contributed by atoms with Crippen LogP contribution in [0.3, 0.4) is 0 Å². The van der Waals surface area contributed by atoms with Crippen LogP contribution in [0.25, 0.3) is 33.6 Å². The number of benzene rings is 1. The van der Waals surface area contributed by atoms with E-state index in [1.807, 2.05) is 24.9 Å². The molecule has 0 spiro atoms. The topological polar surface area (TPSA) is 39.0 Å². The summed E-state index contributed by atoms with van der Waals surface area (Å²) in [4.78, 5) is 8.57. The molecule has 0 atom stereocenters. The molecule has 0 saturated heterocycles. The minimum atomic E-state index is 0.844. The standard InChI is InChI=1S/C20H14N5/c1-2-4-15(5-3-1)25-18-12-23-13-22-9-7-17(23)19(18)24-11-14-10-21-8-6-16(14)20(24)25/h1-10,12-13H,11H2/q+1. The van der Waals surface area contributed by atoms with Gasteiger partial charge in [-0.05, 0) is 24.3 Å². The van der Waals surface area contributed by atoms with Crippen molar-refractivity contribution in [2.75, 3.05) is 0 Å². The molecule has 5 heteroatoms. The van der Waals surface area contributed by atoms with E-state index in [-0.39, 0.29) is 0 Å². The Morgan fingerprint density at radius 3 is 2.72 bits per heavy atom. The van der Waals surface area contributed by atoms with Crippen LogP contribution in [-0.4, -0.2) is 18.9 Å². The lowest BCUT2D eigenvalue weighted by Gasteiger charge is -2.01. The third-order valence-electron chi connectivity index (χ3n) is 5.00. The second kappa shape index (κ2) is 4.54. The largest absolute Gasteiger partial charge is 0.299 e. The summed E-state index contributed by atoms with van der Waals surface area (Å²) in [6.07, 6.45) is 9.73. The summed E-state index contributed by atoms with van der Waals surface area (Å²) in [5.74, 6) is 1.22. The lowest BCUT2D eigenvalue weighted by atomic mass is 10.1. The number of imidazole rings is 1. The first kappa shape index (κ1) is 12.9. The molecule has 1 aliphatic rings. The minimum absolute atomic E-state index is 0.844. The molecule has 5 nitrogen and oxygen atoms in total. The van der Waals surface area contributed by atoms with E-state index in [4.69, 9.17) is 0 Å². The Hall–Kier alpha value is -3.47. The van der Waals surface area contributed by atoms with E-state index < -0.39 is 0 Å². The maximum Gasteiger partial charge on any atom is 0.296 e. The lowest BCUT2D eigenvalue weighted by molar-refractivity contribution is -0.645. The van der Waals surface area contributed by atoms with Crippen LogP contribution >= 0.6 is 0 Å². The van der Waals surface area contributed by atoms with Gasteiger partial charge in [0.05, 0.1) is 23.6 Å². The molecule has 6 rings (SSSR count). The van der Waals surface area contributed by atoms with E-state index in [2.05, 4.69) is 72.2 Å². The van der Waals surface area contributed by atoms with E-state index in [0.29, 0.717) is 0 Å². The first-order valence-corrected chi connectivity index (χ1v) is 8.29. The number of nitrogens with zero attached hydrogens (tertiary/aromatic N) is 5. The molecule has 1 aromatic carbocycles. The van der Waals surface area contributed by atoms with E-state index in [9.17, 15) is 0 Å². The predicted octanol–water partition coefficient (Wildman–Crippen LogP) is 2.99. The predicted molar refractivity (Wildman–Crippen MR) is 94.6 cm³/mol. The van der Waals surface area contributed by atoms with Gasteiger partial charge in [-0.2, -0.15) is 4.57 Å². The molecule has 0 bridgehead atoms. The molecule has 5 aromatic rings. The van der Waals surface area contributed by atoms with Crippen LogP contribution in [-0.2, 0) is 6.54 Å². The summed E-state index contributed by atoms with van der Waals surface area (Å²) < 4.78 is 6.83. The maximum atomic E-state index is 4.31. The molecular weight excluding hydrogens is 310 g/mol. The van der Waals surface area contributed by atoms with Crippen LogP contribution in [0.1, 0.15) is 5.56 Å². The van der Waals surface area contributed by atoms with Crippen molar-refractivity contribution in [2.24, 2.45) is 0 Å². The third-order valence-corrected chi connectivity index (χ3v) is 5.00. The van der Waals surface area contributed by atoms with E-state index >= 15 is 0 Å². The Morgan fingerprint density at radius 1 is 0.920 bits per heavy atom. The fourth-order valence-corrected chi connectivity index (χ4v) is 3.98. The molecule has 0 amide bonds. The molecule has 1 aliphatic heterocycles. The van der Waals surface area contributed by atoms with Crippen molar-refractivity contribution in [2.45, 2.75) is 6.54 Å². The zero-order valence-corrected chi connectivity index (χ0v) is 13.4. The van der Waals surface area contributed by atoms with Crippen molar-refractivity contribution < 1.29 is 4.57 Å². The van der Waals surface area contributed by atoms with Crippen LogP contribution in [0, 0.1) is 0 Å². The maximum absolute atomic E-state index is 4.31.